The van der Waals surface area contributed by atoms with Gasteiger partial charge in [-0.3, -0.25) is 0 Å². The van der Waals surface area contributed by atoms with Crippen molar-refractivity contribution in [3.8, 4) is 11.5 Å². The molecule has 0 atom stereocenters. The fraction of sp³-hybridized carbons (Fsp3) is 0.136. The normalized spacial score (nSPS) is 10.5. The monoisotopic (exact) mass is 449 g/mol. The van der Waals surface area contributed by atoms with Gasteiger partial charge in [0.2, 0.25) is 0 Å². The summed E-state index contributed by atoms with van der Waals surface area (Å²) in [5.74, 6) is -0.399. The number of methoxy groups -OCH3 is 1. The van der Waals surface area contributed by atoms with E-state index < -0.39 is 11.8 Å². The first-order chi connectivity index (χ1) is 14.4. The molecule has 0 unspecified atom stereocenters. The second-order valence-electron chi connectivity index (χ2n) is 6.35. The summed E-state index contributed by atoms with van der Waals surface area (Å²) in [6.45, 7) is 0.443. The third-order valence-electron chi connectivity index (χ3n) is 4.34. The van der Waals surface area contributed by atoms with Crippen molar-refractivity contribution in [1.82, 2.24) is 0 Å². The zero-order valence-corrected chi connectivity index (χ0v) is 17.4. The average Bonchev–Trinajstić information content (AvgIpc) is 2.72. The minimum Gasteiger partial charge on any atom is -0.495 e. The summed E-state index contributed by atoms with van der Waals surface area (Å²) in [5.41, 5.74) is 2.03. The van der Waals surface area contributed by atoms with E-state index in [4.69, 9.17) is 32.7 Å². The Kier molecular flexibility index (Phi) is 7.03. The van der Waals surface area contributed by atoms with Crippen molar-refractivity contribution >= 4 is 34.9 Å². The molecule has 3 rings (SSSR count). The number of nitrogens with one attached hydrogen (secondary N) is 1. The Morgan fingerprint density at radius 1 is 1.03 bits per heavy atom. The molecule has 3 aromatic carbocycles. The molecule has 0 fully saturated rings. The first kappa shape index (κ1) is 21.7. The maximum atomic E-state index is 13.2. The molecule has 0 heterocycles. The van der Waals surface area contributed by atoms with Gasteiger partial charge in [-0.1, -0.05) is 29.3 Å². The van der Waals surface area contributed by atoms with Crippen LogP contribution in [0, 0.1) is 5.82 Å². The fourth-order valence-electron chi connectivity index (χ4n) is 2.79. The molecule has 0 aromatic heterocycles. The zero-order chi connectivity index (χ0) is 21.7. The Morgan fingerprint density at radius 3 is 2.50 bits per heavy atom. The second-order valence-corrected chi connectivity index (χ2v) is 7.19. The van der Waals surface area contributed by atoms with Crippen molar-refractivity contribution in [2.75, 3.05) is 12.4 Å². The van der Waals surface area contributed by atoms with E-state index in [9.17, 15) is 14.3 Å². The summed E-state index contributed by atoms with van der Waals surface area (Å²) in [6.07, 6.45) is 0. The van der Waals surface area contributed by atoms with Crippen molar-refractivity contribution in [1.29, 1.82) is 0 Å². The van der Waals surface area contributed by atoms with E-state index in [0.717, 1.165) is 5.56 Å². The van der Waals surface area contributed by atoms with Gasteiger partial charge >= 0.3 is 5.97 Å². The van der Waals surface area contributed by atoms with E-state index in [1.165, 1.54) is 31.4 Å². The number of carboxylic acid groups (broad SMARTS) is 1. The molecule has 0 bridgehead atoms. The first-order valence-corrected chi connectivity index (χ1v) is 9.63. The molecule has 0 aliphatic rings. The Balaban J connectivity index is 1.79. The summed E-state index contributed by atoms with van der Waals surface area (Å²) in [6, 6.07) is 13.8. The summed E-state index contributed by atoms with van der Waals surface area (Å²) in [7, 11) is 1.50. The van der Waals surface area contributed by atoms with Gasteiger partial charge in [-0.25, -0.2) is 9.18 Å². The molecule has 0 saturated carbocycles. The molecule has 0 aliphatic heterocycles. The topological polar surface area (TPSA) is 67.8 Å². The zero-order valence-electron chi connectivity index (χ0n) is 15.9. The lowest BCUT2D eigenvalue weighted by molar-refractivity contribution is 0.0697. The highest BCUT2D eigenvalue weighted by Crippen LogP contribution is 2.29. The van der Waals surface area contributed by atoms with Crippen LogP contribution in [0.2, 0.25) is 10.0 Å². The number of benzene rings is 3. The van der Waals surface area contributed by atoms with Gasteiger partial charge in [-0.15, -0.1) is 0 Å². The average molecular weight is 450 g/mol. The number of hydrogen-bond donors (Lipinski definition) is 2. The van der Waals surface area contributed by atoms with E-state index in [0.29, 0.717) is 34.3 Å². The molecule has 8 heteroatoms. The first-order valence-electron chi connectivity index (χ1n) is 8.87. The van der Waals surface area contributed by atoms with Gasteiger partial charge in [0.05, 0.1) is 23.4 Å². The van der Waals surface area contributed by atoms with Crippen LogP contribution in [-0.2, 0) is 13.2 Å². The minimum absolute atomic E-state index is 0.131. The molecular weight excluding hydrogens is 432 g/mol. The third-order valence-corrected chi connectivity index (χ3v) is 4.92. The number of ether oxygens (including phenoxy) is 2. The predicted octanol–water partition coefficient (Wildman–Crippen LogP) is 6.03. The summed E-state index contributed by atoms with van der Waals surface area (Å²) >= 11 is 12.2. The standard InChI is InChI=1S/C22H18Cl2FNO4/c1-29-21-6-3-13(22(27)28)9-19(21)26-11-15-8-16(23)4-7-20(15)30-12-14-2-5-17(25)10-18(14)24/h2-10,26H,11-12H2,1H3,(H,27,28). The summed E-state index contributed by atoms with van der Waals surface area (Å²) in [4.78, 5) is 11.3. The molecule has 0 amide bonds. The van der Waals surface area contributed by atoms with Gasteiger partial charge in [-0.05, 0) is 48.5 Å². The molecule has 5 nitrogen and oxygen atoms in total. The van der Waals surface area contributed by atoms with Crippen molar-refractivity contribution in [3.63, 3.8) is 0 Å². The van der Waals surface area contributed by atoms with Crippen LogP contribution in [0.1, 0.15) is 21.5 Å². The van der Waals surface area contributed by atoms with Crippen LogP contribution in [0.25, 0.3) is 0 Å². The van der Waals surface area contributed by atoms with Crippen LogP contribution in [0.15, 0.2) is 54.6 Å². The maximum Gasteiger partial charge on any atom is 0.335 e. The van der Waals surface area contributed by atoms with Gasteiger partial charge < -0.3 is 19.9 Å². The second kappa shape index (κ2) is 9.69. The van der Waals surface area contributed by atoms with E-state index in [-0.39, 0.29) is 17.2 Å². The van der Waals surface area contributed by atoms with Gasteiger partial charge in [0.1, 0.15) is 23.9 Å². The van der Waals surface area contributed by atoms with Crippen molar-refractivity contribution in [2.45, 2.75) is 13.2 Å². The number of rotatable bonds is 8. The van der Waals surface area contributed by atoms with Crippen molar-refractivity contribution in [3.05, 3.63) is 87.2 Å². The lowest BCUT2D eigenvalue weighted by atomic mass is 10.1. The summed E-state index contributed by atoms with van der Waals surface area (Å²) in [5, 5.41) is 13.2. The highest BCUT2D eigenvalue weighted by molar-refractivity contribution is 6.31. The van der Waals surface area contributed by atoms with Gasteiger partial charge in [0.25, 0.3) is 0 Å². The van der Waals surface area contributed by atoms with E-state index in [1.54, 1.807) is 30.3 Å². The lowest BCUT2D eigenvalue weighted by Gasteiger charge is -2.16. The van der Waals surface area contributed by atoms with Crippen molar-refractivity contribution < 1.29 is 23.8 Å². The van der Waals surface area contributed by atoms with Crippen LogP contribution >= 0.6 is 23.2 Å². The molecular formula is C22H18Cl2FNO4. The quantitative estimate of drug-likeness (QED) is 0.439. The fourth-order valence-corrected chi connectivity index (χ4v) is 3.21. The number of carboxylic acids is 1. The van der Waals surface area contributed by atoms with E-state index in [1.807, 2.05) is 0 Å². The van der Waals surface area contributed by atoms with Crippen LogP contribution in [0.3, 0.4) is 0 Å². The highest BCUT2D eigenvalue weighted by atomic mass is 35.5. The van der Waals surface area contributed by atoms with Gasteiger partial charge in [0.15, 0.2) is 0 Å². The Bertz CT molecular complexity index is 1070. The largest absolute Gasteiger partial charge is 0.495 e. The van der Waals surface area contributed by atoms with Gasteiger partial charge in [0, 0.05) is 22.7 Å². The van der Waals surface area contributed by atoms with Crippen molar-refractivity contribution in [2.24, 2.45) is 0 Å². The number of hydrogen-bond acceptors (Lipinski definition) is 4. The predicted molar refractivity (Wildman–Crippen MR) is 114 cm³/mol. The lowest BCUT2D eigenvalue weighted by Crippen LogP contribution is -2.06. The Labute approximate surface area is 183 Å². The smallest absolute Gasteiger partial charge is 0.335 e. The van der Waals surface area contributed by atoms with Crippen LogP contribution in [-0.4, -0.2) is 18.2 Å². The molecule has 0 saturated heterocycles. The molecule has 0 spiro atoms. The maximum absolute atomic E-state index is 13.2. The Hall–Kier alpha value is -2.96. The number of anilines is 1. The van der Waals surface area contributed by atoms with E-state index in [2.05, 4.69) is 5.32 Å². The molecule has 2 N–H and O–H groups in total. The molecule has 3 aromatic rings. The number of carbonyl (C=O) groups is 1. The molecule has 156 valence electrons. The highest BCUT2D eigenvalue weighted by Gasteiger charge is 2.12. The minimum atomic E-state index is -1.04. The third kappa shape index (κ3) is 5.34. The summed E-state index contributed by atoms with van der Waals surface area (Å²) < 4.78 is 24.4. The van der Waals surface area contributed by atoms with Crippen LogP contribution in [0.4, 0.5) is 10.1 Å². The molecule has 0 radical (unpaired) electrons. The molecule has 30 heavy (non-hydrogen) atoms. The Morgan fingerprint density at radius 2 is 1.80 bits per heavy atom. The SMILES string of the molecule is COc1ccc(C(=O)O)cc1NCc1cc(Cl)ccc1OCc1ccc(F)cc1Cl. The van der Waals surface area contributed by atoms with Crippen LogP contribution in [0.5, 0.6) is 11.5 Å². The molecule has 0 aliphatic carbocycles. The van der Waals surface area contributed by atoms with Gasteiger partial charge in [-0.2, -0.15) is 0 Å². The van der Waals surface area contributed by atoms with Crippen LogP contribution < -0.4 is 14.8 Å². The van der Waals surface area contributed by atoms with E-state index >= 15 is 0 Å². The number of halogens is 3. The number of aromatic carboxylic acids is 1.